The van der Waals surface area contributed by atoms with Crippen LogP contribution in [0.25, 0.3) is 44.8 Å². The summed E-state index contributed by atoms with van der Waals surface area (Å²) in [6.07, 6.45) is 7.07. The summed E-state index contributed by atoms with van der Waals surface area (Å²) in [5.41, 5.74) is 5.98. The van der Waals surface area contributed by atoms with Gasteiger partial charge in [-0.05, 0) is 70.1 Å². The molecule has 17 heteroatoms. The summed E-state index contributed by atoms with van der Waals surface area (Å²) < 4.78 is 15.4. The average Bonchev–Trinajstić information content (AvgIpc) is 4.10. The third-order valence-electron chi connectivity index (χ3n) is 11.1. The van der Waals surface area contributed by atoms with E-state index in [2.05, 4.69) is 30.6 Å². The molecule has 61 heavy (non-hydrogen) atoms. The molecule has 4 atom stereocenters. The summed E-state index contributed by atoms with van der Waals surface area (Å²) in [4.78, 5) is 80.8. The highest BCUT2D eigenvalue weighted by Crippen LogP contribution is 2.35. The summed E-state index contributed by atoms with van der Waals surface area (Å²) in [6.45, 7) is 10.6. The van der Waals surface area contributed by atoms with E-state index in [0.717, 1.165) is 65.0 Å². The van der Waals surface area contributed by atoms with E-state index in [1.165, 1.54) is 14.2 Å². The Morgan fingerprint density at radius 2 is 1.30 bits per heavy atom. The number of aromatic nitrogens is 6. The first-order valence-corrected chi connectivity index (χ1v) is 20.6. The highest BCUT2D eigenvalue weighted by Gasteiger charge is 2.39. The van der Waals surface area contributed by atoms with E-state index in [0.29, 0.717) is 30.3 Å². The van der Waals surface area contributed by atoms with E-state index in [-0.39, 0.29) is 36.4 Å². The van der Waals surface area contributed by atoms with Crippen LogP contribution in [0.2, 0.25) is 0 Å². The molecule has 0 unspecified atom stereocenters. The zero-order valence-corrected chi connectivity index (χ0v) is 35.7. The molecule has 0 spiro atoms. The van der Waals surface area contributed by atoms with E-state index < -0.39 is 29.9 Å². The number of hydrogen-bond acceptors (Lipinski definition) is 11. The van der Waals surface area contributed by atoms with E-state index in [1.54, 1.807) is 28.4 Å². The molecular weight excluding hydrogens is 781 g/mol. The van der Waals surface area contributed by atoms with Gasteiger partial charge in [0.25, 0.3) is 0 Å². The lowest BCUT2D eigenvalue weighted by atomic mass is 10.0. The SMILES string of the molecule is COC(=O)N[C@H](C(=O)N1CCC[C@H]1c1ncc(-c2ccc(-c3cnc4cc(-c5cnc([C@@H]6CCCN6C(=O)[C@@H](COC(C)(C)C)NC(=O)OC)[nH]5)ccc4n3)cc2)[nH]1)C(C)C. The lowest BCUT2D eigenvalue weighted by Gasteiger charge is -2.30. The molecule has 2 aromatic carbocycles. The van der Waals surface area contributed by atoms with E-state index in [9.17, 15) is 19.2 Å². The average molecular weight is 835 g/mol. The Hall–Kier alpha value is -6.36. The van der Waals surface area contributed by atoms with Crippen LogP contribution in [0.4, 0.5) is 9.59 Å². The van der Waals surface area contributed by atoms with Gasteiger partial charge in [0.05, 0.1) is 85.2 Å². The Kier molecular flexibility index (Phi) is 12.7. The van der Waals surface area contributed by atoms with Crippen molar-refractivity contribution < 1.29 is 33.4 Å². The third-order valence-corrected chi connectivity index (χ3v) is 11.1. The van der Waals surface area contributed by atoms with Gasteiger partial charge in [-0.15, -0.1) is 0 Å². The van der Waals surface area contributed by atoms with Gasteiger partial charge in [0.2, 0.25) is 11.8 Å². The molecule has 0 saturated carbocycles. The van der Waals surface area contributed by atoms with Crippen LogP contribution in [0.1, 0.15) is 84.0 Å². The van der Waals surface area contributed by atoms with Crippen LogP contribution in [0, 0.1) is 5.92 Å². The zero-order chi connectivity index (χ0) is 43.4. The number of nitrogens with one attached hydrogen (secondary N) is 4. The second-order valence-electron chi connectivity index (χ2n) is 16.7. The number of rotatable bonds is 12. The Morgan fingerprint density at radius 1 is 0.738 bits per heavy atom. The lowest BCUT2D eigenvalue weighted by Crippen LogP contribution is -2.51. The molecule has 17 nitrogen and oxygen atoms in total. The van der Waals surface area contributed by atoms with Gasteiger partial charge in [-0.1, -0.05) is 44.2 Å². The molecule has 0 bridgehead atoms. The minimum Gasteiger partial charge on any atom is -0.453 e. The van der Waals surface area contributed by atoms with Crippen molar-refractivity contribution in [2.45, 2.75) is 90.1 Å². The van der Waals surface area contributed by atoms with Gasteiger partial charge in [-0.2, -0.15) is 0 Å². The second kappa shape index (κ2) is 18.1. The number of aromatic amines is 2. The van der Waals surface area contributed by atoms with Crippen molar-refractivity contribution in [1.29, 1.82) is 0 Å². The highest BCUT2D eigenvalue weighted by atomic mass is 16.5. The molecule has 4 N–H and O–H groups in total. The lowest BCUT2D eigenvalue weighted by molar-refractivity contribution is -0.137. The number of likely N-dealkylation sites (tertiary alicyclic amines) is 2. The summed E-state index contributed by atoms with van der Waals surface area (Å²) in [6, 6.07) is 11.7. The van der Waals surface area contributed by atoms with Gasteiger partial charge in [0.15, 0.2) is 0 Å². The maximum absolute atomic E-state index is 13.8. The molecule has 0 radical (unpaired) electrons. The summed E-state index contributed by atoms with van der Waals surface area (Å²) in [5, 5.41) is 5.33. The van der Waals surface area contributed by atoms with E-state index >= 15 is 0 Å². The third kappa shape index (κ3) is 9.67. The van der Waals surface area contributed by atoms with Crippen molar-refractivity contribution in [3.05, 3.63) is 72.7 Å². The molecular formula is C44H54N10O7. The molecule has 4 amide bonds. The van der Waals surface area contributed by atoms with Gasteiger partial charge in [-0.3, -0.25) is 14.6 Å². The Balaban J connectivity index is 1.02. The molecule has 3 aromatic heterocycles. The van der Waals surface area contributed by atoms with Crippen LogP contribution >= 0.6 is 0 Å². The van der Waals surface area contributed by atoms with Crippen LogP contribution in [0.3, 0.4) is 0 Å². The molecule has 5 heterocycles. The van der Waals surface area contributed by atoms with Gasteiger partial charge in [-0.25, -0.2) is 24.5 Å². The minimum atomic E-state index is -0.912. The van der Waals surface area contributed by atoms with E-state index in [4.69, 9.17) is 24.2 Å². The van der Waals surface area contributed by atoms with Crippen molar-refractivity contribution in [1.82, 2.24) is 50.3 Å². The van der Waals surface area contributed by atoms with Crippen LogP contribution in [0.5, 0.6) is 0 Å². The van der Waals surface area contributed by atoms with Crippen LogP contribution in [-0.4, -0.2) is 115 Å². The van der Waals surface area contributed by atoms with Gasteiger partial charge < -0.3 is 44.6 Å². The normalized spacial score (nSPS) is 17.7. The Bertz CT molecular complexity index is 2370. The van der Waals surface area contributed by atoms with Crippen LogP contribution in [0.15, 0.2) is 61.1 Å². The summed E-state index contributed by atoms with van der Waals surface area (Å²) in [5.74, 6) is 0.831. The fraction of sp³-hybridized carbons (Fsp3) is 0.455. The molecule has 2 aliphatic rings. The predicted molar refractivity (Wildman–Crippen MR) is 227 cm³/mol. The first-order chi connectivity index (χ1) is 29.2. The highest BCUT2D eigenvalue weighted by molar-refractivity contribution is 5.87. The van der Waals surface area contributed by atoms with Gasteiger partial charge in [0.1, 0.15) is 23.7 Å². The van der Waals surface area contributed by atoms with E-state index in [1.807, 2.05) is 77.1 Å². The maximum atomic E-state index is 13.8. The smallest absolute Gasteiger partial charge is 0.407 e. The molecule has 2 aliphatic heterocycles. The number of amides is 4. The van der Waals surface area contributed by atoms with Crippen LogP contribution < -0.4 is 10.6 Å². The number of fused-ring (bicyclic) bond motifs is 1. The van der Waals surface area contributed by atoms with Crippen molar-refractivity contribution in [2.75, 3.05) is 33.9 Å². The summed E-state index contributed by atoms with van der Waals surface area (Å²) in [7, 11) is 2.54. The number of carbonyl (C=O) groups excluding carboxylic acids is 4. The van der Waals surface area contributed by atoms with Crippen LogP contribution in [-0.2, 0) is 23.8 Å². The monoisotopic (exact) mass is 834 g/mol. The van der Waals surface area contributed by atoms with Crippen molar-refractivity contribution in [3.63, 3.8) is 0 Å². The number of alkyl carbamates (subject to hydrolysis) is 2. The first-order valence-electron chi connectivity index (χ1n) is 20.6. The molecule has 0 aliphatic carbocycles. The quantitative estimate of drug-likeness (QED) is 0.109. The fourth-order valence-corrected chi connectivity index (χ4v) is 7.86. The molecule has 2 fully saturated rings. The topological polar surface area (TPSA) is 210 Å². The van der Waals surface area contributed by atoms with Gasteiger partial charge in [0, 0.05) is 24.2 Å². The Morgan fingerprint density at radius 3 is 1.89 bits per heavy atom. The van der Waals surface area contributed by atoms with Crippen molar-refractivity contribution >= 4 is 35.0 Å². The van der Waals surface area contributed by atoms with Crippen molar-refractivity contribution in [2.24, 2.45) is 5.92 Å². The minimum absolute atomic E-state index is 0.00650. The number of hydrogen-bond donors (Lipinski definition) is 4. The number of imidazole rings is 2. The van der Waals surface area contributed by atoms with Crippen molar-refractivity contribution in [3.8, 4) is 33.8 Å². The predicted octanol–water partition coefficient (Wildman–Crippen LogP) is 6.32. The number of methoxy groups -OCH3 is 2. The standard InChI is InChI=1S/C44H54N10O7/c1-25(2)37(52-43(58)60-7)41(56)54-19-9-11-36(54)39-46-22-32(49-39)27-14-12-26(13-15-27)31-21-45-30-20-28(16-17-29(30)48-31)33-23-47-38(50-33)35-10-8-18-53(35)40(55)34(51-42(57)59-6)24-61-44(3,4)5/h12-17,20-23,25,34-37H,8-11,18-19,24H2,1-7H3,(H,46,49)(H,47,50)(H,51,57)(H,52,58)/t34-,35+,36+,37+/m1/s1. The zero-order valence-electron chi connectivity index (χ0n) is 35.7. The number of H-pyrrole nitrogens is 2. The Labute approximate surface area is 354 Å². The maximum Gasteiger partial charge on any atom is 0.407 e. The molecule has 2 saturated heterocycles. The largest absolute Gasteiger partial charge is 0.453 e. The number of benzene rings is 2. The number of nitrogens with zero attached hydrogens (tertiary/aromatic N) is 6. The number of carbonyl (C=O) groups is 4. The molecule has 5 aromatic rings. The first kappa shape index (κ1) is 42.8. The fourth-order valence-electron chi connectivity index (χ4n) is 7.86. The van der Waals surface area contributed by atoms with Gasteiger partial charge >= 0.3 is 12.2 Å². The second-order valence-corrected chi connectivity index (χ2v) is 16.7. The summed E-state index contributed by atoms with van der Waals surface area (Å²) >= 11 is 0. The molecule has 7 rings (SSSR count). The number of ether oxygens (including phenoxy) is 3. The molecule has 322 valence electrons.